The average Bonchev–Trinajstić information content (AvgIpc) is 2.48. The molecule has 3 heteroatoms. The lowest BCUT2D eigenvalue weighted by Gasteiger charge is -2.10. The Labute approximate surface area is 125 Å². The van der Waals surface area contributed by atoms with Gasteiger partial charge < -0.3 is 10.5 Å². The summed E-state index contributed by atoms with van der Waals surface area (Å²) in [6, 6.07) is 12.5. The van der Waals surface area contributed by atoms with E-state index < -0.39 is 0 Å². The molecular weight excluding hydrogens is 265 g/mol. The molecule has 0 heterocycles. The van der Waals surface area contributed by atoms with Crippen LogP contribution in [0.4, 0.5) is 4.39 Å². The van der Waals surface area contributed by atoms with Crippen LogP contribution in [0.2, 0.25) is 0 Å². The van der Waals surface area contributed by atoms with Crippen LogP contribution in [-0.2, 0) is 6.42 Å². The van der Waals surface area contributed by atoms with Gasteiger partial charge in [-0.1, -0.05) is 31.5 Å². The van der Waals surface area contributed by atoms with Gasteiger partial charge in [0.15, 0.2) is 11.6 Å². The summed E-state index contributed by atoms with van der Waals surface area (Å²) in [7, 11) is 0. The Balaban J connectivity index is 2.07. The summed E-state index contributed by atoms with van der Waals surface area (Å²) in [4.78, 5) is 0. The first kappa shape index (κ1) is 15.5. The predicted molar refractivity (Wildman–Crippen MR) is 84.1 cm³/mol. The summed E-state index contributed by atoms with van der Waals surface area (Å²) in [5.74, 6) is 0.475. The van der Waals surface area contributed by atoms with Crippen molar-refractivity contribution in [2.45, 2.75) is 39.2 Å². The number of halogens is 1. The Bertz CT molecular complexity index is 578. The second-order valence-corrected chi connectivity index (χ2v) is 5.33. The van der Waals surface area contributed by atoms with Crippen molar-refractivity contribution in [1.82, 2.24) is 0 Å². The standard InChI is InChI=1S/C18H22FNO/c1-3-4-5-14-6-9-16(10-7-14)21-18-11-8-15(13(2)20)12-17(18)19/h6-13H,3-5,20H2,1-2H3. The molecule has 2 aromatic carbocycles. The molecule has 0 aliphatic carbocycles. The molecule has 0 saturated carbocycles. The topological polar surface area (TPSA) is 35.2 Å². The number of hydrogen-bond donors (Lipinski definition) is 1. The molecule has 2 rings (SSSR count). The van der Waals surface area contributed by atoms with Gasteiger partial charge in [-0.25, -0.2) is 4.39 Å². The van der Waals surface area contributed by atoms with E-state index in [1.54, 1.807) is 12.1 Å². The van der Waals surface area contributed by atoms with Gasteiger partial charge in [-0.3, -0.25) is 0 Å². The normalized spacial score (nSPS) is 12.2. The molecule has 0 aromatic heterocycles. The van der Waals surface area contributed by atoms with Gasteiger partial charge in [0.1, 0.15) is 5.75 Å². The molecule has 0 radical (unpaired) electrons. The van der Waals surface area contributed by atoms with Crippen LogP contribution in [0.15, 0.2) is 42.5 Å². The molecule has 0 amide bonds. The summed E-state index contributed by atoms with van der Waals surface area (Å²) in [6.45, 7) is 4.00. The highest BCUT2D eigenvalue weighted by Crippen LogP contribution is 2.26. The maximum atomic E-state index is 14.0. The first-order chi connectivity index (χ1) is 10.1. The van der Waals surface area contributed by atoms with Crippen LogP contribution < -0.4 is 10.5 Å². The van der Waals surface area contributed by atoms with Crippen LogP contribution in [0, 0.1) is 5.82 Å². The molecule has 1 atom stereocenters. The summed E-state index contributed by atoms with van der Waals surface area (Å²) < 4.78 is 19.5. The summed E-state index contributed by atoms with van der Waals surface area (Å²) in [5, 5.41) is 0. The lowest BCUT2D eigenvalue weighted by molar-refractivity contribution is 0.441. The van der Waals surface area contributed by atoms with Crippen molar-refractivity contribution in [1.29, 1.82) is 0 Å². The fourth-order valence-electron chi connectivity index (χ4n) is 2.12. The second kappa shape index (κ2) is 7.23. The van der Waals surface area contributed by atoms with E-state index in [0.29, 0.717) is 5.75 Å². The van der Waals surface area contributed by atoms with Crippen molar-refractivity contribution in [2.75, 3.05) is 0 Å². The maximum absolute atomic E-state index is 14.0. The smallest absolute Gasteiger partial charge is 0.166 e. The molecule has 2 nitrogen and oxygen atoms in total. The number of rotatable bonds is 6. The van der Waals surface area contributed by atoms with Crippen LogP contribution in [0.25, 0.3) is 0 Å². The highest BCUT2D eigenvalue weighted by Gasteiger charge is 2.08. The highest BCUT2D eigenvalue weighted by molar-refractivity contribution is 5.36. The zero-order valence-electron chi connectivity index (χ0n) is 12.6. The van der Waals surface area contributed by atoms with Crippen LogP contribution in [0.3, 0.4) is 0 Å². The molecule has 0 aliphatic heterocycles. The van der Waals surface area contributed by atoms with Gasteiger partial charge in [0.05, 0.1) is 0 Å². The van der Waals surface area contributed by atoms with E-state index >= 15 is 0 Å². The Kier molecular flexibility index (Phi) is 5.34. The monoisotopic (exact) mass is 287 g/mol. The second-order valence-electron chi connectivity index (χ2n) is 5.33. The zero-order chi connectivity index (χ0) is 15.2. The molecular formula is C18H22FNO. The first-order valence-corrected chi connectivity index (χ1v) is 7.42. The van der Waals surface area contributed by atoms with E-state index in [1.807, 2.05) is 31.2 Å². The summed E-state index contributed by atoms with van der Waals surface area (Å²) in [6.07, 6.45) is 3.41. The van der Waals surface area contributed by atoms with Crippen molar-refractivity contribution >= 4 is 0 Å². The van der Waals surface area contributed by atoms with Crippen LogP contribution in [0.1, 0.15) is 43.9 Å². The molecule has 2 aromatic rings. The van der Waals surface area contributed by atoms with E-state index in [2.05, 4.69) is 6.92 Å². The molecule has 0 spiro atoms. The maximum Gasteiger partial charge on any atom is 0.166 e. The SMILES string of the molecule is CCCCc1ccc(Oc2ccc(C(C)N)cc2F)cc1. The van der Waals surface area contributed by atoms with Gasteiger partial charge in [0.2, 0.25) is 0 Å². The quantitative estimate of drug-likeness (QED) is 0.813. The third kappa shape index (κ3) is 4.30. The van der Waals surface area contributed by atoms with E-state index in [-0.39, 0.29) is 17.6 Å². The van der Waals surface area contributed by atoms with Crippen molar-refractivity contribution in [3.05, 3.63) is 59.4 Å². The molecule has 1 unspecified atom stereocenters. The Morgan fingerprint density at radius 2 is 1.86 bits per heavy atom. The molecule has 112 valence electrons. The van der Waals surface area contributed by atoms with Crippen LogP contribution >= 0.6 is 0 Å². The van der Waals surface area contributed by atoms with Crippen molar-refractivity contribution in [2.24, 2.45) is 5.73 Å². The lowest BCUT2D eigenvalue weighted by atomic mass is 10.1. The number of hydrogen-bond acceptors (Lipinski definition) is 2. The van der Waals surface area contributed by atoms with Gasteiger partial charge >= 0.3 is 0 Å². The number of unbranched alkanes of at least 4 members (excludes halogenated alkanes) is 1. The van der Waals surface area contributed by atoms with Gasteiger partial charge in [-0.15, -0.1) is 0 Å². The zero-order valence-corrected chi connectivity index (χ0v) is 12.6. The molecule has 0 saturated heterocycles. The molecule has 2 N–H and O–H groups in total. The largest absolute Gasteiger partial charge is 0.454 e. The molecule has 0 aliphatic rings. The van der Waals surface area contributed by atoms with E-state index in [1.165, 1.54) is 24.5 Å². The minimum absolute atomic E-state index is 0.189. The van der Waals surface area contributed by atoms with E-state index in [9.17, 15) is 4.39 Å². The van der Waals surface area contributed by atoms with Gasteiger partial charge in [0, 0.05) is 6.04 Å². The van der Waals surface area contributed by atoms with Gasteiger partial charge in [0.25, 0.3) is 0 Å². The van der Waals surface area contributed by atoms with Crippen molar-refractivity contribution < 1.29 is 9.13 Å². The molecule has 21 heavy (non-hydrogen) atoms. The van der Waals surface area contributed by atoms with E-state index in [4.69, 9.17) is 10.5 Å². The lowest BCUT2D eigenvalue weighted by Crippen LogP contribution is -2.05. The minimum atomic E-state index is -0.389. The van der Waals surface area contributed by atoms with Crippen LogP contribution in [0.5, 0.6) is 11.5 Å². The van der Waals surface area contributed by atoms with Crippen molar-refractivity contribution in [3.63, 3.8) is 0 Å². The highest BCUT2D eigenvalue weighted by atomic mass is 19.1. The molecule has 0 bridgehead atoms. The summed E-state index contributed by atoms with van der Waals surface area (Å²) in [5.41, 5.74) is 7.77. The van der Waals surface area contributed by atoms with Crippen molar-refractivity contribution in [3.8, 4) is 11.5 Å². The average molecular weight is 287 g/mol. The number of benzene rings is 2. The molecule has 0 fully saturated rings. The fourth-order valence-corrected chi connectivity index (χ4v) is 2.12. The third-order valence-electron chi connectivity index (χ3n) is 3.45. The Morgan fingerprint density at radius 1 is 1.14 bits per heavy atom. The number of ether oxygens (including phenoxy) is 1. The Hall–Kier alpha value is -1.87. The third-order valence-corrected chi connectivity index (χ3v) is 3.45. The fraction of sp³-hybridized carbons (Fsp3) is 0.333. The van der Waals surface area contributed by atoms with Gasteiger partial charge in [-0.2, -0.15) is 0 Å². The number of aryl methyl sites for hydroxylation is 1. The summed E-state index contributed by atoms with van der Waals surface area (Å²) >= 11 is 0. The predicted octanol–water partition coefficient (Wildman–Crippen LogP) is 4.98. The van der Waals surface area contributed by atoms with E-state index in [0.717, 1.165) is 12.0 Å². The van der Waals surface area contributed by atoms with Gasteiger partial charge in [-0.05, 0) is 55.2 Å². The number of nitrogens with two attached hydrogens (primary N) is 1. The Morgan fingerprint density at radius 3 is 2.43 bits per heavy atom. The minimum Gasteiger partial charge on any atom is -0.454 e. The van der Waals surface area contributed by atoms with Crippen LogP contribution in [-0.4, -0.2) is 0 Å². The first-order valence-electron chi connectivity index (χ1n) is 7.42.